The predicted octanol–water partition coefficient (Wildman–Crippen LogP) is 2.72. The summed E-state index contributed by atoms with van der Waals surface area (Å²) in [5, 5.41) is 12.1. The Hall–Kier alpha value is -1.26. The van der Waals surface area contributed by atoms with Gasteiger partial charge in [-0.05, 0) is 36.1 Å². The average molecular weight is 249 g/mol. The fourth-order valence-corrected chi connectivity index (χ4v) is 2.55. The van der Waals surface area contributed by atoms with Crippen LogP contribution in [0.15, 0.2) is 35.5 Å². The van der Waals surface area contributed by atoms with Crippen molar-refractivity contribution in [2.45, 2.75) is 11.4 Å². The lowest BCUT2D eigenvalue weighted by Gasteiger charge is -2.06. The van der Waals surface area contributed by atoms with Crippen LogP contribution in [-0.4, -0.2) is 29.6 Å². The van der Waals surface area contributed by atoms with Crippen molar-refractivity contribution < 1.29 is 9.84 Å². The van der Waals surface area contributed by atoms with Gasteiger partial charge in [-0.25, -0.2) is 4.98 Å². The van der Waals surface area contributed by atoms with E-state index in [1.54, 1.807) is 18.9 Å². The molecule has 0 radical (unpaired) electrons. The SMILES string of the molecule is COc1ccc2c(SCCCO)nccc2c1. The first-order valence-electron chi connectivity index (χ1n) is 5.51. The first-order valence-corrected chi connectivity index (χ1v) is 6.50. The van der Waals surface area contributed by atoms with Gasteiger partial charge >= 0.3 is 0 Å². The maximum atomic E-state index is 8.78. The summed E-state index contributed by atoms with van der Waals surface area (Å²) in [4.78, 5) is 4.37. The second kappa shape index (κ2) is 5.89. The Kier molecular flexibility index (Phi) is 4.23. The van der Waals surface area contributed by atoms with E-state index in [1.165, 1.54) is 0 Å². The van der Waals surface area contributed by atoms with E-state index >= 15 is 0 Å². The number of aliphatic hydroxyl groups is 1. The number of hydrogen-bond acceptors (Lipinski definition) is 4. The van der Waals surface area contributed by atoms with Crippen molar-refractivity contribution in [1.82, 2.24) is 4.98 Å². The van der Waals surface area contributed by atoms with Crippen LogP contribution in [0.4, 0.5) is 0 Å². The average Bonchev–Trinajstić information content (AvgIpc) is 2.38. The van der Waals surface area contributed by atoms with Gasteiger partial charge in [-0.1, -0.05) is 0 Å². The van der Waals surface area contributed by atoms with Crippen LogP contribution in [0.25, 0.3) is 10.8 Å². The molecule has 1 aromatic heterocycles. The summed E-state index contributed by atoms with van der Waals surface area (Å²) in [6, 6.07) is 7.96. The molecule has 4 heteroatoms. The molecule has 0 aliphatic heterocycles. The monoisotopic (exact) mass is 249 g/mol. The third-order valence-electron chi connectivity index (χ3n) is 2.48. The smallest absolute Gasteiger partial charge is 0.119 e. The van der Waals surface area contributed by atoms with E-state index in [1.807, 2.05) is 30.5 Å². The van der Waals surface area contributed by atoms with Crippen molar-refractivity contribution in [1.29, 1.82) is 0 Å². The molecule has 0 bridgehead atoms. The minimum Gasteiger partial charge on any atom is -0.497 e. The van der Waals surface area contributed by atoms with Crippen molar-refractivity contribution in [3.8, 4) is 5.75 Å². The van der Waals surface area contributed by atoms with Crippen LogP contribution in [0.3, 0.4) is 0 Å². The van der Waals surface area contributed by atoms with Gasteiger partial charge < -0.3 is 9.84 Å². The van der Waals surface area contributed by atoms with Crippen LogP contribution in [0.1, 0.15) is 6.42 Å². The van der Waals surface area contributed by atoms with Crippen LogP contribution in [0.5, 0.6) is 5.75 Å². The minimum absolute atomic E-state index is 0.228. The third kappa shape index (κ3) is 2.90. The van der Waals surface area contributed by atoms with Crippen LogP contribution in [-0.2, 0) is 0 Å². The van der Waals surface area contributed by atoms with E-state index in [0.29, 0.717) is 0 Å². The first kappa shape index (κ1) is 12.2. The molecule has 0 aliphatic rings. The lowest BCUT2D eigenvalue weighted by molar-refractivity contribution is 0.296. The number of fused-ring (bicyclic) bond motifs is 1. The fourth-order valence-electron chi connectivity index (χ4n) is 1.60. The van der Waals surface area contributed by atoms with E-state index in [2.05, 4.69) is 4.98 Å². The fraction of sp³-hybridized carbons (Fsp3) is 0.308. The van der Waals surface area contributed by atoms with Gasteiger partial charge in [-0.15, -0.1) is 11.8 Å². The van der Waals surface area contributed by atoms with E-state index in [-0.39, 0.29) is 6.61 Å². The van der Waals surface area contributed by atoms with Crippen molar-refractivity contribution in [2.24, 2.45) is 0 Å². The van der Waals surface area contributed by atoms with Crippen molar-refractivity contribution in [3.05, 3.63) is 30.5 Å². The maximum Gasteiger partial charge on any atom is 0.119 e. The van der Waals surface area contributed by atoms with Gasteiger partial charge in [0, 0.05) is 23.9 Å². The van der Waals surface area contributed by atoms with Crippen LogP contribution >= 0.6 is 11.8 Å². The van der Waals surface area contributed by atoms with Gasteiger partial charge in [0.1, 0.15) is 10.8 Å². The number of pyridine rings is 1. The highest BCUT2D eigenvalue weighted by atomic mass is 32.2. The molecule has 90 valence electrons. The van der Waals surface area contributed by atoms with Gasteiger partial charge in [0.25, 0.3) is 0 Å². The molecule has 0 unspecified atom stereocenters. The number of ether oxygens (including phenoxy) is 1. The number of benzene rings is 1. The van der Waals surface area contributed by atoms with E-state index in [9.17, 15) is 0 Å². The molecule has 0 saturated carbocycles. The topological polar surface area (TPSA) is 42.4 Å². The summed E-state index contributed by atoms with van der Waals surface area (Å²) < 4.78 is 5.20. The second-order valence-corrected chi connectivity index (χ2v) is 4.71. The lowest BCUT2D eigenvalue weighted by atomic mass is 10.2. The molecule has 0 aliphatic carbocycles. The number of nitrogens with zero attached hydrogens (tertiary/aromatic N) is 1. The Bertz CT molecular complexity index is 502. The molecular formula is C13H15NO2S. The molecule has 1 aromatic carbocycles. The molecule has 1 heterocycles. The highest BCUT2D eigenvalue weighted by molar-refractivity contribution is 7.99. The zero-order valence-electron chi connectivity index (χ0n) is 9.72. The molecular weight excluding hydrogens is 234 g/mol. The lowest BCUT2D eigenvalue weighted by Crippen LogP contribution is -1.89. The number of rotatable bonds is 5. The largest absolute Gasteiger partial charge is 0.497 e. The molecule has 1 N–H and O–H groups in total. The van der Waals surface area contributed by atoms with Gasteiger partial charge in [0.05, 0.1) is 7.11 Å². The predicted molar refractivity (Wildman–Crippen MR) is 70.7 cm³/mol. The number of thioether (sulfide) groups is 1. The zero-order chi connectivity index (χ0) is 12.1. The molecule has 0 atom stereocenters. The van der Waals surface area contributed by atoms with E-state index in [4.69, 9.17) is 9.84 Å². The summed E-state index contributed by atoms with van der Waals surface area (Å²) in [7, 11) is 1.67. The molecule has 17 heavy (non-hydrogen) atoms. The zero-order valence-corrected chi connectivity index (χ0v) is 10.5. The highest BCUT2D eigenvalue weighted by Gasteiger charge is 2.04. The van der Waals surface area contributed by atoms with Crippen LogP contribution in [0, 0.1) is 0 Å². The molecule has 2 aromatic rings. The van der Waals surface area contributed by atoms with E-state index in [0.717, 1.165) is 33.7 Å². The van der Waals surface area contributed by atoms with Gasteiger partial charge in [-0.2, -0.15) is 0 Å². The second-order valence-electron chi connectivity index (χ2n) is 3.63. The molecule has 3 nitrogen and oxygen atoms in total. The van der Waals surface area contributed by atoms with Crippen molar-refractivity contribution in [2.75, 3.05) is 19.5 Å². The van der Waals surface area contributed by atoms with Crippen LogP contribution < -0.4 is 4.74 Å². The Labute approximate surface area is 105 Å². The van der Waals surface area contributed by atoms with Crippen molar-refractivity contribution in [3.63, 3.8) is 0 Å². The maximum absolute atomic E-state index is 8.78. The quantitative estimate of drug-likeness (QED) is 0.653. The van der Waals surface area contributed by atoms with E-state index < -0.39 is 0 Å². The number of hydrogen-bond donors (Lipinski definition) is 1. The standard InChI is InChI=1S/C13H15NO2S/c1-16-11-3-4-12-10(9-11)5-6-14-13(12)17-8-2-7-15/h3-6,9,15H,2,7-8H2,1H3. The normalized spacial score (nSPS) is 10.7. The Morgan fingerprint density at radius 3 is 3.00 bits per heavy atom. The molecule has 0 fully saturated rings. The Balaban J connectivity index is 2.30. The molecule has 0 saturated heterocycles. The molecule has 2 rings (SSSR count). The summed E-state index contributed by atoms with van der Waals surface area (Å²) in [5.41, 5.74) is 0. The summed E-state index contributed by atoms with van der Waals surface area (Å²) in [5.74, 6) is 1.74. The summed E-state index contributed by atoms with van der Waals surface area (Å²) in [6.07, 6.45) is 2.60. The van der Waals surface area contributed by atoms with Gasteiger partial charge in [0.2, 0.25) is 0 Å². The third-order valence-corrected chi connectivity index (χ3v) is 3.57. The Morgan fingerprint density at radius 2 is 2.24 bits per heavy atom. The van der Waals surface area contributed by atoms with Crippen LogP contribution in [0.2, 0.25) is 0 Å². The number of aliphatic hydroxyl groups excluding tert-OH is 1. The number of methoxy groups -OCH3 is 1. The van der Waals surface area contributed by atoms with Crippen molar-refractivity contribution >= 4 is 22.5 Å². The molecule has 0 amide bonds. The minimum atomic E-state index is 0.228. The van der Waals surface area contributed by atoms with Gasteiger partial charge in [0.15, 0.2) is 0 Å². The Morgan fingerprint density at radius 1 is 1.35 bits per heavy atom. The summed E-state index contributed by atoms with van der Waals surface area (Å²) in [6.45, 7) is 0.228. The molecule has 0 spiro atoms. The van der Waals surface area contributed by atoms with Gasteiger partial charge in [-0.3, -0.25) is 0 Å². The number of aromatic nitrogens is 1. The first-order chi connectivity index (χ1) is 8.35. The highest BCUT2D eigenvalue weighted by Crippen LogP contribution is 2.28. The summed E-state index contributed by atoms with van der Waals surface area (Å²) >= 11 is 1.68.